The van der Waals surface area contributed by atoms with Crippen molar-refractivity contribution in [3.63, 3.8) is 0 Å². The van der Waals surface area contributed by atoms with Gasteiger partial charge in [0.15, 0.2) is 17.3 Å². The van der Waals surface area contributed by atoms with Gasteiger partial charge in [0.1, 0.15) is 0 Å². The van der Waals surface area contributed by atoms with Gasteiger partial charge in [0, 0.05) is 37.2 Å². The van der Waals surface area contributed by atoms with Crippen LogP contribution in [-0.2, 0) is 13.6 Å². The second-order valence-corrected chi connectivity index (χ2v) is 7.24. The number of hydrogen-bond acceptors (Lipinski definition) is 5. The minimum absolute atomic E-state index is 0.0606. The zero-order valence-electron chi connectivity index (χ0n) is 16.0. The highest BCUT2D eigenvalue weighted by Gasteiger charge is 2.37. The van der Waals surface area contributed by atoms with Crippen LogP contribution in [0.3, 0.4) is 0 Å². The van der Waals surface area contributed by atoms with Crippen LogP contribution in [0, 0.1) is 12.8 Å². The van der Waals surface area contributed by atoms with E-state index in [-0.39, 0.29) is 17.9 Å². The van der Waals surface area contributed by atoms with Gasteiger partial charge in [0.2, 0.25) is 0 Å². The smallest absolute Gasteiger partial charge is 0.275 e. The molecule has 1 atom stereocenters. The van der Waals surface area contributed by atoms with Gasteiger partial charge in [-0.2, -0.15) is 10.2 Å². The molecule has 8 heteroatoms. The standard InChI is InChI=1S/C19H23N7O/c1-12(2)16-18-21-17(14-6-5-7-20-11-14)23-26(18)9-8-25(16)19(27)15-10-13(3)24(4)22-15/h5-7,10-12,16H,8-9H2,1-4H3/t16-/m1/s1. The minimum atomic E-state index is -0.147. The van der Waals surface area contributed by atoms with Crippen molar-refractivity contribution in [2.75, 3.05) is 6.54 Å². The van der Waals surface area contributed by atoms with Crippen molar-refractivity contribution in [1.29, 1.82) is 0 Å². The molecule has 8 nitrogen and oxygen atoms in total. The van der Waals surface area contributed by atoms with Crippen LogP contribution in [0.5, 0.6) is 0 Å². The fraction of sp³-hybridized carbons (Fsp3) is 0.421. The fourth-order valence-corrected chi connectivity index (χ4v) is 3.53. The number of aromatic nitrogens is 6. The number of amides is 1. The van der Waals surface area contributed by atoms with Gasteiger partial charge in [-0.3, -0.25) is 14.5 Å². The average molecular weight is 365 g/mol. The molecule has 3 aromatic heterocycles. The van der Waals surface area contributed by atoms with E-state index in [0.29, 0.717) is 24.6 Å². The van der Waals surface area contributed by atoms with E-state index in [9.17, 15) is 4.79 Å². The molecule has 1 aliphatic heterocycles. The quantitative estimate of drug-likeness (QED) is 0.711. The molecule has 0 aromatic carbocycles. The highest BCUT2D eigenvalue weighted by molar-refractivity contribution is 5.92. The molecule has 0 saturated heterocycles. The van der Waals surface area contributed by atoms with E-state index in [1.165, 1.54) is 0 Å². The van der Waals surface area contributed by atoms with Gasteiger partial charge in [0.05, 0.1) is 12.6 Å². The van der Waals surface area contributed by atoms with Gasteiger partial charge in [-0.25, -0.2) is 9.67 Å². The van der Waals surface area contributed by atoms with Crippen LogP contribution < -0.4 is 0 Å². The fourth-order valence-electron chi connectivity index (χ4n) is 3.53. The molecular weight excluding hydrogens is 342 g/mol. The van der Waals surface area contributed by atoms with Crippen LogP contribution in [0.1, 0.15) is 41.9 Å². The molecule has 0 bridgehead atoms. The minimum Gasteiger partial charge on any atom is -0.325 e. The number of fused-ring (bicyclic) bond motifs is 1. The third kappa shape index (κ3) is 3.01. The first kappa shape index (κ1) is 17.4. The van der Waals surface area contributed by atoms with Crippen molar-refractivity contribution < 1.29 is 4.79 Å². The van der Waals surface area contributed by atoms with E-state index < -0.39 is 0 Å². The molecular formula is C19H23N7O. The second kappa shape index (κ2) is 6.61. The van der Waals surface area contributed by atoms with Crippen molar-refractivity contribution in [2.24, 2.45) is 13.0 Å². The molecule has 0 saturated carbocycles. The lowest BCUT2D eigenvalue weighted by Gasteiger charge is -2.37. The summed E-state index contributed by atoms with van der Waals surface area (Å²) in [6.07, 6.45) is 3.48. The average Bonchev–Trinajstić information content (AvgIpc) is 3.24. The number of hydrogen-bond donors (Lipinski definition) is 0. The predicted octanol–water partition coefficient (Wildman–Crippen LogP) is 2.24. The molecule has 27 heavy (non-hydrogen) atoms. The Morgan fingerprint density at radius 3 is 2.70 bits per heavy atom. The molecule has 1 amide bonds. The predicted molar refractivity (Wildman–Crippen MR) is 99.8 cm³/mol. The van der Waals surface area contributed by atoms with E-state index in [1.54, 1.807) is 17.1 Å². The van der Waals surface area contributed by atoms with Crippen LogP contribution >= 0.6 is 0 Å². The summed E-state index contributed by atoms with van der Waals surface area (Å²) in [5.41, 5.74) is 2.31. The maximum Gasteiger partial charge on any atom is 0.275 e. The summed E-state index contributed by atoms with van der Waals surface area (Å²) in [5.74, 6) is 1.60. The Kier molecular flexibility index (Phi) is 4.25. The SMILES string of the molecule is Cc1cc(C(=O)N2CCn3nc(-c4cccnc4)nc3[C@H]2C(C)C)nn1C. The van der Waals surface area contributed by atoms with Crippen molar-refractivity contribution in [1.82, 2.24) is 34.4 Å². The lowest BCUT2D eigenvalue weighted by Crippen LogP contribution is -2.44. The van der Waals surface area contributed by atoms with Crippen molar-refractivity contribution in [3.05, 3.63) is 47.8 Å². The molecule has 0 spiro atoms. The highest BCUT2D eigenvalue weighted by Crippen LogP contribution is 2.33. The van der Waals surface area contributed by atoms with Gasteiger partial charge in [0.25, 0.3) is 5.91 Å². The van der Waals surface area contributed by atoms with E-state index in [0.717, 1.165) is 17.1 Å². The van der Waals surface area contributed by atoms with Crippen molar-refractivity contribution >= 4 is 5.91 Å². The Bertz CT molecular complexity index is 954. The summed E-state index contributed by atoms with van der Waals surface area (Å²) >= 11 is 0. The molecule has 3 aromatic rings. The summed E-state index contributed by atoms with van der Waals surface area (Å²) in [5, 5.41) is 9.01. The second-order valence-electron chi connectivity index (χ2n) is 7.24. The maximum atomic E-state index is 13.1. The molecule has 0 unspecified atom stereocenters. The first-order valence-corrected chi connectivity index (χ1v) is 9.12. The summed E-state index contributed by atoms with van der Waals surface area (Å²) in [6.45, 7) is 7.34. The third-order valence-electron chi connectivity index (χ3n) is 5.00. The van der Waals surface area contributed by atoms with E-state index in [4.69, 9.17) is 4.98 Å². The summed E-state index contributed by atoms with van der Waals surface area (Å²) in [4.78, 5) is 23.9. The van der Waals surface area contributed by atoms with Gasteiger partial charge in [-0.1, -0.05) is 13.8 Å². The molecule has 0 N–H and O–H groups in total. The summed E-state index contributed by atoms with van der Waals surface area (Å²) in [7, 11) is 1.85. The Balaban J connectivity index is 1.71. The van der Waals surface area contributed by atoms with Crippen LogP contribution in [0.2, 0.25) is 0 Å². The van der Waals surface area contributed by atoms with Gasteiger partial charge < -0.3 is 4.90 Å². The molecule has 4 rings (SSSR count). The molecule has 4 heterocycles. The van der Waals surface area contributed by atoms with E-state index in [2.05, 4.69) is 29.0 Å². The van der Waals surface area contributed by atoms with Crippen molar-refractivity contribution in [2.45, 2.75) is 33.4 Å². The monoisotopic (exact) mass is 365 g/mol. The first-order valence-electron chi connectivity index (χ1n) is 9.12. The number of nitrogens with zero attached hydrogens (tertiary/aromatic N) is 7. The van der Waals surface area contributed by atoms with Gasteiger partial charge >= 0.3 is 0 Å². The number of pyridine rings is 1. The van der Waals surface area contributed by atoms with Crippen LogP contribution in [0.4, 0.5) is 0 Å². The summed E-state index contributed by atoms with van der Waals surface area (Å²) in [6, 6.07) is 5.50. The largest absolute Gasteiger partial charge is 0.325 e. The molecule has 0 aliphatic carbocycles. The molecule has 0 fully saturated rings. The molecule has 1 aliphatic rings. The van der Waals surface area contributed by atoms with Crippen LogP contribution in [-0.4, -0.2) is 46.9 Å². The van der Waals surface area contributed by atoms with Gasteiger partial charge in [-0.15, -0.1) is 0 Å². The number of carbonyl (C=O) groups is 1. The van der Waals surface area contributed by atoms with Gasteiger partial charge in [-0.05, 0) is 31.0 Å². The van der Waals surface area contributed by atoms with Crippen molar-refractivity contribution in [3.8, 4) is 11.4 Å². The van der Waals surface area contributed by atoms with Crippen LogP contribution in [0.25, 0.3) is 11.4 Å². The Labute approximate surface area is 157 Å². The van der Waals surface area contributed by atoms with E-state index >= 15 is 0 Å². The zero-order valence-corrected chi connectivity index (χ0v) is 16.0. The third-order valence-corrected chi connectivity index (χ3v) is 5.00. The Morgan fingerprint density at radius 2 is 2.07 bits per heavy atom. The number of aryl methyl sites for hydroxylation is 2. The molecule has 0 radical (unpaired) electrons. The number of carbonyl (C=O) groups excluding carboxylic acids is 1. The lowest BCUT2D eigenvalue weighted by molar-refractivity contribution is 0.0530. The normalized spacial score (nSPS) is 16.6. The molecule has 140 valence electrons. The highest BCUT2D eigenvalue weighted by atomic mass is 16.2. The lowest BCUT2D eigenvalue weighted by atomic mass is 9.99. The maximum absolute atomic E-state index is 13.1. The Hall–Kier alpha value is -3.03. The number of rotatable bonds is 3. The Morgan fingerprint density at radius 1 is 1.26 bits per heavy atom. The van der Waals surface area contributed by atoms with E-state index in [1.807, 2.05) is 41.8 Å². The van der Waals surface area contributed by atoms with Crippen LogP contribution in [0.15, 0.2) is 30.6 Å². The topological polar surface area (TPSA) is 81.7 Å². The first-order chi connectivity index (χ1) is 13.0. The zero-order chi connectivity index (χ0) is 19.1. The summed E-state index contributed by atoms with van der Waals surface area (Å²) < 4.78 is 3.64.